The van der Waals surface area contributed by atoms with Crippen LogP contribution in [0.15, 0.2) is 36.0 Å². The maximum absolute atomic E-state index is 10.0. The maximum Gasteiger partial charge on any atom is 0.0860 e. The second kappa shape index (κ2) is 7.43. The van der Waals surface area contributed by atoms with Crippen LogP contribution in [0.5, 0.6) is 0 Å². The highest BCUT2D eigenvalue weighted by Gasteiger charge is 2.13. The van der Waals surface area contributed by atoms with Crippen molar-refractivity contribution >= 4 is 11.3 Å². The second-order valence-corrected chi connectivity index (χ2v) is 5.63. The molecule has 19 heavy (non-hydrogen) atoms. The Morgan fingerprint density at radius 2 is 2.37 bits per heavy atom. The minimum Gasteiger partial charge on any atom is -0.390 e. The molecule has 0 fully saturated rings. The van der Waals surface area contributed by atoms with Crippen LogP contribution < -0.4 is 5.32 Å². The van der Waals surface area contributed by atoms with Crippen LogP contribution in [0.3, 0.4) is 0 Å². The zero-order valence-electron chi connectivity index (χ0n) is 11.2. The molecular weight excluding hydrogens is 258 g/mol. The van der Waals surface area contributed by atoms with Crippen molar-refractivity contribution in [2.24, 2.45) is 0 Å². The van der Waals surface area contributed by atoms with Gasteiger partial charge in [-0.25, -0.2) is 0 Å². The number of thiophene rings is 1. The van der Waals surface area contributed by atoms with E-state index in [1.54, 1.807) is 22.2 Å². The molecule has 0 bridgehead atoms. The molecular formula is C14H21N3OS. The summed E-state index contributed by atoms with van der Waals surface area (Å²) in [6.45, 7) is 3.30. The molecule has 5 heteroatoms. The number of aliphatic hydroxyl groups is 1. The van der Waals surface area contributed by atoms with Gasteiger partial charge in [-0.2, -0.15) is 5.10 Å². The standard InChI is InChI=1S/C14H21N3OS/c1-2-5-13(14-6-3-9-19-14)15-10-12(18)11-17-8-4-7-16-17/h3-4,6-9,12-13,15,18H,2,5,10-11H2,1H3. The molecule has 0 amide bonds. The minimum atomic E-state index is -0.417. The minimum absolute atomic E-state index is 0.345. The quantitative estimate of drug-likeness (QED) is 0.780. The molecule has 0 aliphatic carbocycles. The third-order valence-corrected chi connectivity index (χ3v) is 4.01. The van der Waals surface area contributed by atoms with Gasteiger partial charge in [0.15, 0.2) is 0 Å². The Kier molecular flexibility index (Phi) is 5.57. The van der Waals surface area contributed by atoms with E-state index in [9.17, 15) is 5.11 Å². The Morgan fingerprint density at radius 3 is 3.00 bits per heavy atom. The molecule has 2 unspecified atom stereocenters. The van der Waals surface area contributed by atoms with Crippen LogP contribution in [0.4, 0.5) is 0 Å². The molecule has 2 aromatic rings. The number of aliphatic hydroxyl groups excluding tert-OH is 1. The van der Waals surface area contributed by atoms with E-state index in [4.69, 9.17) is 0 Å². The molecule has 0 saturated heterocycles. The predicted molar refractivity (Wildman–Crippen MR) is 78.2 cm³/mol. The first kappa shape index (κ1) is 14.2. The van der Waals surface area contributed by atoms with Gasteiger partial charge in [-0.05, 0) is 23.9 Å². The maximum atomic E-state index is 10.0. The molecule has 2 aromatic heterocycles. The highest BCUT2D eigenvalue weighted by Crippen LogP contribution is 2.22. The van der Waals surface area contributed by atoms with Gasteiger partial charge in [0.1, 0.15) is 0 Å². The fraction of sp³-hybridized carbons (Fsp3) is 0.500. The van der Waals surface area contributed by atoms with Crippen molar-refractivity contribution in [1.82, 2.24) is 15.1 Å². The van der Waals surface area contributed by atoms with Crippen LogP contribution in [0.1, 0.15) is 30.7 Å². The number of rotatable bonds is 8. The fourth-order valence-corrected chi connectivity index (χ4v) is 2.93. The Morgan fingerprint density at radius 1 is 1.47 bits per heavy atom. The molecule has 2 N–H and O–H groups in total. The van der Waals surface area contributed by atoms with Crippen LogP contribution in [0.25, 0.3) is 0 Å². The lowest BCUT2D eigenvalue weighted by Crippen LogP contribution is -2.32. The summed E-state index contributed by atoms with van der Waals surface area (Å²) in [4.78, 5) is 1.34. The second-order valence-electron chi connectivity index (χ2n) is 4.65. The van der Waals surface area contributed by atoms with Gasteiger partial charge in [0.2, 0.25) is 0 Å². The Labute approximate surface area is 118 Å². The summed E-state index contributed by atoms with van der Waals surface area (Å²) >= 11 is 1.77. The van der Waals surface area contributed by atoms with E-state index in [1.807, 2.05) is 12.3 Å². The van der Waals surface area contributed by atoms with E-state index in [0.29, 0.717) is 19.1 Å². The summed E-state index contributed by atoms with van der Waals surface area (Å²) < 4.78 is 1.76. The van der Waals surface area contributed by atoms with Crippen molar-refractivity contribution < 1.29 is 5.11 Å². The zero-order chi connectivity index (χ0) is 13.5. The van der Waals surface area contributed by atoms with Gasteiger partial charge in [0.25, 0.3) is 0 Å². The molecule has 0 aromatic carbocycles. The number of hydrogen-bond acceptors (Lipinski definition) is 4. The smallest absolute Gasteiger partial charge is 0.0860 e. The van der Waals surface area contributed by atoms with Gasteiger partial charge in [-0.1, -0.05) is 19.4 Å². The third-order valence-electron chi connectivity index (χ3n) is 3.02. The van der Waals surface area contributed by atoms with E-state index in [2.05, 4.69) is 34.9 Å². The molecule has 2 rings (SSSR count). The summed E-state index contributed by atoms with van der Waals surface area (Å²) in [6, 6.07) is 6.44. The SMILES string of the molecule is CCCC(NCC(O)Cn1cccn1)c1cccs1. The van der Waals surface area contributed by atoms with Gasteiger partial charge in [0.05, 0.1) is 12.6 Å². The summed E-state index contributed by atoms with van der Waals surface area (Å²) in [6.07, 6.45) is 5.40. The lowest BCUT2D eigenvalue weighted by atomic mass is 10.1. The third kappa shape index (κ3) is 4.45. The Bertz CT molecular complexity index is 441. The van der Waals surface area contributed by atoms with Crippen molar-refractivity contribution in [1.29, 1.82) is 0 Å². The van der Waals surface area contributed by atoms with E-state index < -0.39 is 6.10 Å². The van der Waals surface area contributed by atoms with Crippen LogP contribution in [0, 0.1) is 0 Å². The van der Waals surface area contributed by atoms with Crippen LogP contribution >= 0.6 is 11.3 Å². The van der Waals surface area contributed by atoms with E-state index in [0.717, 1.165) is 12.8 Å². The van der Waals surface area contributed by atoms with Crippen molar-refractivity contribution in [2.45, 2.75) is 38.5 Å². The Hall–Kier alpha value is -1.17. The first-order valence-electron chi connectivity index (χ1n) is 6.72. The topological polar surface area (TPSA) is 50.1 Å². The van der Waals surface area contributed by atoms with Crippen LogP contribution in [-0.4, -0.2) is 27.5 Å². The molecule has 0 saturated carbocycles. The van der Waals surface area contributed by atoms with E-state index in [1.165, 1.54) is 4.88 Å². The summed E-state index contributed by atoms with van der Waals surface area (Å²) in [5.41, 5.74) is 0. The van der Waals surface area contributed by atoms with Crippen LogP contribution in [-0.2, 0) is 6.54 Å². The number of nitrogens with zero attached hydrogens (tertiary/aromatic N) is 2. The summed E-state index contributed by atoms with van der Waals surface area (Å²) in [5.74, 6) is 0. The first-order valence-corrected chi connectivity index (χ1v) is 7.60. The van der Waals surface area contributed by atoms with Gasteiger partial charge in [-0.3, -0.25) is 4.68 Å². The highest BCUT2D eigenvalue weighted by molar-refractivity contribution is 7.10. The summed E-state index contributed by atoms with van der Waals surface area (Å²) in [7, 11) is 0. The molecule has 2 heterocycles. The zero-order valence-corrected chi connectivity index (χ0v) is 12.0. The monoisotopic (exact) mass is 279 g/mol. The summed E-state index contributed by atoms with van der Waals surface area (Å²) in [5, 5.41) is 19.7. The molecule has 0 radical (unpaired) electrons. The molecule has 2 atom stereocenters. The first-order chi connectivity index (χ1) is 9.29. The normalized spacial score (nSPS) is 14.4. The predicted octanol–water partition coefficient (Wildman–Crippen LogP) is 2.44. The Balaban J connectivity index is 1.81. The largest absolute Gasteiger partial charge is 0.390 e. The fourth-order valence-electron chi connectivity index (χ4n) is 2.09. The van der Waals surface area contributed by atoms with Crippen LogP contribution in [0.2, 0.25) is 0 Å². The molecule has 0 aliphatic heterocycles. The molecule has 4 nitrogen and oxygen atoms in total. The van der Waals surface area contributed by atoms with Crippen molar-refractivity contribution in [3.8, 4) is 0 Å². The number of aromatic nitrogens is 2. The highest BCUT2D eigenvalue weighted by atomic mass is 32.1. The van der Waals surface area contributed by atoms with Crippen molar-refractivity contribution in [2.75, 3.05) is 6.54 Å². The number of nitrogens with one attached hydrogen (secondary N) is 1. The van der Waals surface area contributed by atoms with Crippen molar-refractivity contribution in [3.05, 3.63) is 40.8 Å². The van der Waals surface area contributed by atoms with E-state index in [-0.39, 0.29) is 0 Å². The number of hydrogen-bond donors (Lipinski definition) is 2. The lowest BCUT2D eigenvalue weighted by Gasteiger charge is -2.19. The average molecular weight is 279 g/mol. The molecule has 0 spiro atoms. The van der Waals surface area contributed by atoms with Gasteiger partial charge in [-0.15, -0.1) is 11.3 Å². The lowest BCUT2D eigenvalue weighted by molar-refractivity contribution is 0.142. The molecule has 104 valence electrons. The van der Waals surface area contributed by atoms with Gasteiger partial charge >= 0.3 is 0 Å². The van der Waals surface area contributed by atoms with Crippen molar-refractivity contribution in [3.63, 3.8) is 0 Å². The van der Waals surface area contributed by atoms with E-state index >= 15 is 0 Å². The van der Waals surface area contributed by atoms with Gasteiger partial charge in [0, 0.05) is 29.9 Å². The average Bonchev–Trinajstić information content (AvgIpc) is 3.07. The van der Waals surface area contributed by atoms with Gasteiger partial charge < -0.3 is 10.4 Å². The molecule has 0 aliphatic rings.